The van der Waals surface area contributed by atoms with Crippen molar-refractivity contribution in [3.05, 3.63) is 27.5 Å². The van der Waals surface area contributed by atoms with Crippen molar-refractivity contribution in [1.29, 1.82) is 0 Å². The fourth-order valence-corrected chi connectivity index (χ4v) is 9.61. The molecule has 0 saturated heterocycles. The summed E-state index contributed by atoms with van der Waals surface area (Å²) < 4.78 is 0. The first-order valence-electron chi connectivity index (χ1n) is 11.3. The van der Waals surface area contributed by atoms with Gasteiger partial charge in [-0.1, -0.05) is 0 Å². The van der Waals surface area contributed by atoms with Crippen LogP contribution in [-0.4, -0.2) is 11.6 Å². The molecule has 1 atom stereocenters. The van der Waals surface area contributed by atoms with Crippen LogP contribution in [0.15, 0.2) is 17.0 Å². The lowest BCUT2D eigenvalue weighted by Gasteiger charge is -2.64. The zero-order chi connectivity index (χ0) is 19.2. The van der Waals surface area contributed by atoms with Crippen LogP contribution < -0.4 is 0 Å². The van der Waals surface area contributed by atoms with Crippen LogP contribution in [0.5, 0.6) is 0 Å². The lowest BCUT2D eigenvalue weighted by Crippen LogP contribution is -2.61. The van der Waals surface area contributed by atoms with Gasteiger partial charge in [0.25, 0.3) is 0 Å². The van der Waals surface area contributed by atoms with E-state index in [1.54, 1.807) is 6.92 Å². The van der Waals surface area contributed by atoms with Gasteiger partial charge in [0.15, 0.2) is 0 Å². The highest BCUT2D eigenvalue weighted by atomic mass is 32.1. The number of fused-ring (bicyclic) bond motifs is 1. The molecule has 5 fully saturated rings. The predicted molar refractivity (Wildman–Crippen MR) is 112 cm³/mol. The Hall–Kier alpha value is -1.22. The smallest absolute Gasteiger partial charge is 0.137 e. The summed E-state index contributed by atoms with van der Waals surface area (Å²) in [6.45, 7) is 3.53. The van der Waals surface area contributed by atoms with Gasteiger partial charge < -0.3 is 0 Å². The molecule has 0 radical (unpaired) electrons. The number of hydrogen-bond acceptors (Lipinski definition) is 3. The highest BCUT2D eigenvalue weighted by Crippen LogP contribution is 2.70. The quantitative estimate of drug-likeness (QED) is 0.646. The van der Waals surface area contributed by atoms with Crippen LogP contribution in [-0.2, 0) is 15.0 Å². The molecule has 148 valence electrons. The van der Waals surface area contributed by atoms with Crippen LogP contribution in [0.25, 0.3) is 5.57 Å². The normalized spacial score (nSPS) is 40.9. The average molecular weight is 395 g/mol. The number of carbonyl (C=O) groups is 2. The molecular formula is C25H30O2S. The van der Waals surface area contributed by atoms with E-state index in [1.807, 2.05) is 18.3 Å². The van der Waals surface area contributed by atoms with Crippen LogP contribution in [0, 0.1) is 35.5 Å². The van der Waals surface area contributed by atoms with Gasteiger partial charge in [-0.2, -0.15) is 0 Å². The first-order valence-corrected chi connectivity index (χ1v) is 12.2. The Kier molecular flexibility index (Phi) is 3.72. The summed E-state index contributed by atoms with van der Waals surface area (Å²) >= 11 is 1.92. The van der Waals surface area contributed by atoms with Gasteiger partial charge in [0, 0.05) is 16.7 Å². The van der Waals surface area contributed by atoms with Crippen LogP contribution in [0.2, 0.25) is 0 Å². The number of rotatable bonds is 4. The van der Waals surface area contributed by atoms with Crippen LogP contribution in [0.4, 0.5) is 0 Å². The van der Waals surface area contributed by atoms with Gasteiger partial charge in [0.2, 0.25) is 0 Å². The third kappa shape index (κ3) is 2.20. The predicted octanol–water partition coefficient (Wildman–Crippen LogP) is 5.80. The molecule has 6 aliphatic rings. The molecule has 0 aromatic carbocycles. The minimum absolute atomic E-state index is 0.00801. The minimum Gasteiger partial charge on any atom is -0.300 e. The van der Waals surface area contributed by atoms with Crippen molar-refractivity contribution >= 4 is 28.5 Å². The summed E-state index contributed by atoms with van der Waals surface area (Å²) in [6.07, 6.45) is 9.58. The maximum atomic E-state index is 13.4. The first-order chi connectivity index (χ1) is 13.5. The molecule has 1 spiro atoms. The average Bonchev–Trinajstić information content (AvgIpc) is 3.33. The SMILES string of the molecule is CC(=O)CC1=C(C2CC2)c2ccsc2C2(C3CC4CC(C3)CC2C4)C1C(C)=O. The molecule has 1 aromatic rings. The van der Waals surface area contributed by atoms with E-state index in [9.17, 15) is 9.59 Å². The van der Waals surface area contributed by atoms with Crippen LogP contribution in [0.3, 0.4) is 0 Å². The molecule has 7 rings (SSSR count). The fourth-order valence-electron chi connectivity index (χ4n) is 8.31. The third-order valence-corrected chi connectivity index (χ3v) is 9.92. The van der Waals surface area contributed by atoms with E-state index in [2.05, 4.69) is 11.4 Å². The Bertz CT molecular complexity index is 871. The second kappa shape index (κ2) is 5.90. The lowest BCUT2D eigenvalue weighted by atomic mass is 9.39. The van der Waals surface area contributed by atoms with Crippen molar-refractivity contribution in [1.82, 2.24) is 0 Å². The van der Waals surface area contributed by atoms with E-state index in [-0.39, 0.29) is 17.1 Å². The second-order valence-electron chi connectivity index (χ2n) is 10.5. The molecule has 1 unspecified atom stereocenters. The summed E-state index contributed by atoms with van der Waals surface area (Å²) in [5.41, 5.74) is 4.08. The van der Waals surface area contributed by atoms with E-state index in [0.717, 1.165) is 11.8 Å². The van der Waals surface area contributed by atoms with Crippen molar-refractivity contribution in [3.63, 3.8) is 0 Å². The van der Waals surface area contributed by atoms with Gasteiger partial charge in [0.05, 0.1) is 5.92 Å². The number of Topliss-reactive ketones (excluding diaryl/α,β-unsaturated/α-hetero) is 2. The Labute approximate surface area is 171 Å². The molecule has 1 heterocycles. The van der Waals surface area contributed by atoms with Gasteiger partial charge in [-0.15, -0.1) is 11.3 Å². The highest BCUT2D eigenvalue weighted by Gasteiger charge is 2.65. The van der Waals surface area contributed by atoms with Gasteiger partial charge in [-0.25, -0.2) is 0 Å². The van der Waals surface area contributed by atoms with Crippen molar-refractivity contribution in [3.8, 4) is 0 Å². The van der Waals surface area contributed by atoms with Crippen molar-refractivity contribution in [2.75, 3.05) is 0 Å². The lowest BCUT2D eigenvalue weighted by molar-refractivity contribution is -0.132. The van der Waals surface area contributed by atoms with Crippen molar-refractivity contribution in [2.45, 2.75) is 70.6 Å². The molecule has 0 N–H and O–H groups in total. The Morgan fingerprint density at radius 1 is 1.04 bits per heavy atom. The van der Waals surface area contributed by atoms with Crippen molar-refractivity contribution < 1.29 is 9.59 Å². The molecule has 2 nitrogen and oxygen atoms in total. The number of allylic oxidation sites excluding steroid dienone is 2. The molecule has 28 heavy (non-hydrogen) atoms. The maximum Gasteiger partial charge on any atom is 0.137 e. The van der Waals surface area contributed by atoms with E-state index < -0.39 is 0 Å². The summed E-state index contributed by atoms with van der Waals surface area (Å²) in [4.78, 5) is 27.3. The minimum atomic E-state index is -0.0480. The fraction of sp³-hybridized carbons (Fsp3) is 0.680. The van der Waals surface area contributed by atoms with E-state index in [1.165, 1.54) is 66.5 Å². The zero-order valence-corrected chi connectivity index (χ0v) is 17.8. The number of carbonyl (C=O) groups excluding carboxylic acids is 2. The highest BCUT2D eigenvalue weighted by molar-refractivity contribution is 7.10. The topological polar surface area (TPSA) is 34.1 Å². The molecule has 5 saturated carbocycles. The molecule has 6 aliphatic carbocycles. The van der Waals surface area contributed by atoms with Crippen LogP contribution >= 0.6 is 11.3 Å². The number of ketones is 2. The molecule has 0 amide bonds. The van der Waals surface area contributed by atoms with E-state index in [0.29, 0.717) is 30.0 Å². The Balaban J connectivity index is 1.62. The molecule has 1 aromatic heterocycles. The molecule has 0 aliphatic heterocycles. The van der Waals surface area contributed by atoms with Crippen LogP contribution in [0.1, 0.15) is 75.7 Å². The first kappa shape index (κ1) is 17.6. The molecular weight excluding hydrogens is 364 g/mol. The molecule has 4 bridgehead atoms. The standard InChI is InChI=1S/C25H30O2S/c1-13(26)7-21-22(17-3-4-17)20-5-6-28-24(20)25(23(21)14(2)27)18-9-15-8-16(11-18)12-19(25)10-15/h5-6,15-19,23H,3-4,7-12H2,1-2H3. The van der Waals surface area contributed by atoms with Crippen molar-refractivity contribution in [2.24, 2.45) is 35.5 Å². The summed E-state index contributed by atoms with van der Waals surface area (Å²) in [5.74, 6) is 4.11. The Morgan fingerprint density at radius 3 is 2.21 bits per heavy atom. The third-order valence-electron chi connectivity index (χ3n) is 8.84. The number of thiophene rings is 1. The summed E-state index contributed by atoms with van der Waals surface area (Å²) in [7, 11) is 0. The summed E-state index contributed by atoms with van der Waals surface area (Å²) in [5, 5.41) is 2.27. The molecule has 3 heteroatoms. The van der Waals surface area contributed by atoms with E-state index in [4.69, 9.17) is 0 Å². The monoisotopic (exact) mass is 394 g/mol. The van der Waals surface area contributed by atoms with Gasteiger partial charge in [0.1, 0.15) is 11.6 Å². The second-order valence-corrected chi connectivity index (χ2v) is 11.5. The largest absolute Gasteiger partial charge is 0.300 e. The zero-order valence-electron chi connectivity index (χ0n) is 17.0. The summed E-state index contributed by atoms with van der Waals surface area (Å²) in [6, 6.07) is 2.33. The van der Waals surface area contributed by atoms with Gasteiger partial charge >= 0.3 is 0 Å². The Morgan fingerprint density at radius 2 is 1.68 bits per heavy atom. The number of hydrogen-bond donors (Lipinski definition) is 0. The maximum absolute atomic E-state index is 13.4. The van der Waals surface area contributed by atoms with Gasteiger partial charge in [-0.3, -0.25) is 9.59 Å². The van der Waals surface area contributed by atoms with Gasteiger partial charge in [-0.05, 0) is 117 Å². The van der Waals surface area contributed by atoms with E-state index >= 15 is 0 Å².